The van der Waals surface area contributed by atoms with Gasteiger partial charge in [0.05, 0.1) is 37.4 Å². The number of nitrogen functional groups attached to an aromatic ring is 1. The molecule has 0 amide bonds. The van der Waals surface area contributed by atoms with Gasteiger partial charge in [-0.2, -0.15) is 18.1 Å². The van der Waals surface area contributed by atoms with Gasteiger partial charge < -0.3 is 24.4 Å². The van der Waals surface area contributed by atoms with Crippen molar-refractivity contribution in [2.75, 3.05) is 18.9 Å². The molecule has 1 aliphatic carbocycles. The largest absolute Gasteiger partial charge is 0.369 e. The second kappa shape index (κ2) is 10.3. The fourth-order valence-corrected chi connectivity index (χ4v) is 8.13. The average molecular weight is 642 g/mol. The summed E-state index contributed by atoms with van der Waals surface area (Å²) in [6.45, 7) is -4.11. The highest BCUT2D eigenvalue weighted by Crippen LogP contribution is 2.51. The number of nitrogens with two attached hydrogens (primary N) is 1. The van der Waals surface area contributed by atoms with Crippen LogP contribution in [0.1, 0.15) is 31.5 Å². The number of fused-ring (bicyclic) bond motifs is 5. The topological polar surface area (TPSA) is 249 Å². The van der Waals surface area contributed by atoms with Gasteiger partial charge in [-0.25, -0.2) is 23.8 Å². The van der Waals surface area contributed by atoms with Crippen LogP contribution in [0, 0.1) is 5.92 Å². The van der Waals surface area contributed by atoms with Gasteiger partial charge >= 0.3 is 17.0 Å². The molecule has 1 unspecified atom stereocenters. The van der Waals surface area contributed by atoms with E-state index < -0.39 is 53.0 Å². The fraction of sp³-hybridized carbons (Fsp3) is 0.550. The van der Waals surface area contributed by atoms with Gasteiger partial charge in [0.1, 0.15) is 12.4 Å². The lowest BCUT2D eigenvalue weighted by atomic mass is 10.1. The third-order valence-electron chi connectivity index (χ3n) is 7.42. The van der Waals surface area contributed by atoms with Crippen molar-refractivity contribution in [3.63, 3.8) is 0 Å². The Kier molecular flexibility index (Phi) is 6.83. The molecule has 4 aromatic rings. The van der Waals surface area contributed by atoms with Crippen LogP contribution >= 0.6 is 6.72 Å². The summed E-state index contributed by atoms with van der Waals surface area (Å²) >= 11 is 5.32. The summed E-state index contributed by atoms with van der Waals surface area (Å²) < 4.78 is 55.0. The molecule has 1 saturated carbocycles. The van der Waals surface area contributed by atoms with Crippen LogP contribution in [0.3, 0.4) is 0 Å². The van der Waals surface area contributed by atoms with Crippen LogP contribution < -0.4 is 16.0 Å². The van der Waals surface area contributed by atoms with Gasteiger partial charge in [0.25, 0.3) is 5.56 Å². The second-order valence-corrected chi connectivity index (χ2v) is 14.3. The van der Waals surface area contributed by atoms with Crippen LogP contribution in [-0.2, 0) is 40.1 Å². The van der Waals surface area contributed by atoms with E-state index in [1.165, 1.54) is 23.4 Å². The number of hydrogen-bond acceptors (Lipinski definition) is 15. The molecule has 7 rings (SSSR count). The van der Waals surface area contributed by atoms with Crippen LogP contribution in [-0.4, -0.2) is 89.3 Å². The van der Waals surface area contributed by atoms with Gasteiger partial charge in [0.2, 0.25) is 5.95 Å². The van der Waals surface area contributed by atoms with Gasteiger partial charge in [-0.3, -0.25) is 14.3 Å². The Morgan fingerprint density at radius 3 is 2.90 bits per heavy atom. The third-order valence-corrected chi connectivity index (χ3v) is 10.0. The first kappa shape index (κ1) is 27.8. The smallest absolute Gasteiger partial charge is 0.336 e. The van der Waals surface area contributed by atoms with E-state index in [-0.39, 0.29) is 42.7 Å². The Labute approximate surface area is 241 Å². The zero-order valence-corrected chi connectivity index (χ0v) is 24.0. The Morgan fingerprint density at radius 1 is 1.19 bits per heavy atom. The highest BCUT2D eigenvalue weighted by molar-refractivity contribution is 8.07. The molecule has 0 spiro atoms. The molecule has 4 aromatic heterocycles. The predicted molar refractivity (Wildman–Crippen MR) is 145 cm³/mol. The van der Waals surface area contributed by atoms with E-state index in [1.807, 2.05) is 0 Å². The molecule has 2 aliphatic heterocycles. The number of aromatic amines is 1. The van der Waals surface area contributed by atoms with E-state index in [9.17, 15) is 18.1 Å². The first-order valence-corrected chi connectivity index (χ1v) is 16.8. The minimum Gasteiger partial charge on any atom is -0.369 e. The molecule has 2 bridgehead atoms. The van der Waals surface area contributed by atoms with Crippen molar-refractivity contribution in [1.29, 1.82) is 0 Å². The summed E-state index contributed by atoms with van der Waals surface area (Å²) in [5, 5.41) is 8.29. The van der Waals surface area contributed by atoms with Crippen molar-refractivity contribution in [2.45, 2.75) is 49.8 Å². The maximum Gasteiger partial charge on any atom is 0.336 e. The minimum atomic E-state index is -4.33. The Balaban J connectivity index is 1.17. The highest BCUT2D eigenvalue weighted by atomic mass is 32.5. The number of H-pyrrole nitrogens is 1. The summed E-state index contributed by atoms with van der Waals surface area (Å²) in [7, 11) is -4.33. The number of anilines is 1. The van der Waals surface area contributed by atoms with Crippen molar-refractivity contribution in [3.05, 3.63) is 29.2 Å². The molecule has 3 aliphatic rings. The molecule has 2 saturated heterocycles. The fourth-order valence-electron chi connectivity index (χ4n) is 5.62. The quantitative estimate of drug-likeness (QED) is 0.192. The van der Waals surface area contributed by atoms with E-state index in [0.29, 0.717) is 24.0 Å². The number of rotatable bonds is 2. The molecular formula is C20H24N11O8PS2. The van der Waals surface area contributed by atoms with Gasteiger partial charge in [0.15, 0.2) is 28.6 Å². The summed E-state index contributed by atoms with van der Waals surface area (Å²) in [6.07, 6.45) is 1.38. The molecule has 5 N–H and O–H groups in total. The van der Waals surface area contributed by atoms with Crippen LogP contribution in [0.25, 0.3) is 22.3 Å². The molecule has 6 heterocycles. The molecule has 42 heavy (non-hydrogen) atoms. The van der Waals surface area contributed by atoms with Gasteiger partial charge in [0, 0.05) is 18.9 Å². The van der Waals surface area contributed by atoms with E-state index >= 15 is 0 Å². The predicted octanol–water partition coefficient (Wildman–Crippen LogP) is -0.973. The lowest BCUT2D eigenvalue weighted by molar-refractivity contribution is -0.0431. The normalized spacial score (nSPS) is 33.6. The lowest BCUT2D eigenvalue weighted by Gasteiger charge is -2.26. The summed E-state index contributed by atoms with van der Waals surface area (Å²) in [6, 6.07) is -0.283. The minimum absolute atomic E-state index is 0.0191. The van der Waals surface area contributed by atoms with Crippen molar-refractivity contribution < 1.29 is 31.3 Å². The monoisotopic (exact) mass is 641 g/mol. The van der Waals surface area contributed by atoms with Gasteiger partial charge in [-0.1, -0.05) is 5.21 Å². The molecule has 7 atom stereocenters. The molecule has 224 valence electrons. The Bertz CT molecular complexity index is 1880. The van der Waals surface area contributed by atoms with E-state index in [2.05, 4.69) is 40.0 Å². The number of nitrogens with zero attached hydrogens (tertiary/aromatic N) is 8. The van der Waals surface area contributed by atoms with Gasteiger partial charge in [-0.15, -0.1) is 5.10 Å². The summed E-state index contributed by atoms with van der Waals surface area (Å²) in [5.41, 5.74) is 6.21. The molecule has 0 radical (unpaired) electrons. The Morgan fingerprint density at radius 2 is 2.05 bits per heavy atom. The molecule has 0 aromatic carbocycles. The number of ether oxygens (including phenoxy) is 1. The molecular weight excluding hydrogens is 617 g/mol. The standard InChI is InChI=1S/C20H24N11O8PS2/c21-20-26-17-15(18(32)27-20)24-8-30(17)19-14-3-11(37-19)6-36-40(33,41)38-13-2-10(1-9(13)4-25-42(34,35)39-14)31-16-12(28-29-31)5-22-7-23-16/h5,7-11,13-14,19,25H,1-4,6H2,(H,33,41)(H3,21,26,27,32)/t9-,10-,11+,13+,14-,19+,40?/m1/s1. The number of imidazole rings is 1. The van der Waals surface area contributed by atoms with Crippen LogP contribution in [0.5, 0.6) is 0 Å². The number of hydrogen-bond donors (Lipinski definition) is 4. The van der Waals surface area contributed by atoms with Crippen molar-refractivity contribution in [1.82, 2.24) is 49.2 Å². The van der Waals surface area contributed by atoms with Crippen molar-refractivity contribution >= 4 is 57.1 Å². The molecule has 19 nitrogen and oxygen atoms in total. The van der Waals surface area contributed by atoms with E-state index in [0.717, 1.165) is 0 Å². The van der Waals surface area contributed by atoms with Crippen LogP contribution in [0.4, 0.5) is 5.95 Å². The first-order chi connectivity index (χ1) is 20.1. The average Bonchev–Trinajstić information content (AvgIpc) is 3.70. The first-order valence-electron chi connectivity index (χ1n) is 12.8. The maximum absolute atomic E-state index is 13.2. The van der Waals surface area contributed by atoms with Gasteiger partial charge in [-0.05, 0) is 24.6 Å². The SMILES string of the molecule is Nc1nc2c(ncn2[C@H]2O[C@@H]3COP(O)(=S)O[C@H]4C[C@H](n5nnc6cncnc65)C[C@@H]4CNS(=O)(=O)O[C@@H]2C3)c(=O)[nH]1. The second-order valence-electron chi connectivity index (χ2n) is 10.2. The van der Waals surface area contributed by atoms with Crippen LogP contribution in [0.15, 0.2) is 23.6 Å². The van der Waals surface area contributed by atoms with E-state index in [1.54, 1.807) is 4.68 Å². The number of nitrogens with one attached hydrogen (secondary N) is 2. The summed E-state index contributed by atoms with van der Waals surface area (Å²) in [5.74, 6) is -0.594. The molecule has 3 fully saturated rings. The van der Waals surface area contributed by atoms with Crippen molar-refractivity contribution in [3.8, 4) is 0 Å². The molecule has 22 heteroatoms. The third kappa shape index (κ3) is 5.20. The van der Waals surface area contributed by atoms with E-state index in [4.69, 9.17) is 35.5 Å². The number of aromatic nitrogens is 9. The van der Waals surface area contributed by atoms with Crippen LogP contribution in [0.2, 0.25) is 0 Å². The maximum atomic E-state index is 13.2. The zero-order valence-electron chi connectivity index (χ0n) is 21.5. The zero-order chi connectivity index (χ0) is 29.2. The Hall–Kier alpha value is -3.01. The van der Waals surface area contributed by atoms with Crippen molar-refractivity contribution in [2.24, 2.45) is 5.92 Å². The summed E-state index contributed by atoms with van der Waals surface area (Å²) in [4.78, 5) is 42.0. The lowest BCUT2D eigenvalue weighted by Crippen LogP contribution is -2.37. The highest BCUT2D eigenvalue weighted by Gasteiger charge is 2.45.